The largest absolute Gasteiger partial charge is 0.431 e. The minimum absolute atomic E-state index is 0.198. The summed E-state index contributed by atoms with van der Waals surface area (Å²) in [4.78, 5) is 16.5. The van der Waals surface area contributed by atoms with Gasteiger partial charge in [-0.1, -0.05) is 11.8 Å². The molecule has 0 bridgehead atoms. The third-order valence-corrected chi connectivity index (χ3v) is 4.41. The third-order valence-electron chi connectivity index (χ3n) is 3.89. The van der Waals surface area contributed by atoms with E-state index in [-0.39, 0.29) is 5.63 Å². The van der Waals surface area contributed by atoms with Crippen molar-refractivity contribution in [3.05, 3.63) is 33.7 Å². The Labute approximate surface area is 119 Å². The summed E-state index contributed by atoms with van der Waals surface area (Å²) < 4.78 is 11.1. The molecule has 20 heavy (non-hydrogen) atoms. The molecule has 4 rings (SSSR count). The first kappa shape index (κ1) is 12.0. The maximum Gasteiger partial charge on any atom is 0.339 e. The molecule has 0 spiro atoms. The van der Waals surface area contributed by atoms with Crippen LogP contribution >= 0.6 is 11.8 Å². The zero-order chi connectivity index (χ0) is 13.7. The van der Waals surface area contributed by atoms with Gasteiger partial charge in [0.15, 0.2) is 5.58 Å². The normalized spacial score (nSPS) is 14.8. The fourth-order valence-corrected chi connectivity index (χ4v) is 3.29. The van der Waals surface area contributed by atoms with Crippen molar-refractivity contribution in [2.75, 3.05) is 6.26 Å². The van der Waals surface area contributed by atoms with Gasteiger partial charge in [0.05, 0.1) is 0 Å². The van der Waals surface area contributed by atoms with E-state index in [9.17, 15) is 4.79 Å². The van der Waals surface area contributed by atoms with Crippen LogP contribution < -0.4 is 5.63 Å². The second-order valence-electron chi connectivity index (χ2n) is 5.05. The number of fused-ring (bicyclic) bond motifs is 4. The molecule has 2 heterocycles. The molecule has 1 aliphatic rings. The van der Waals surface area contributed by atoms with Crippen molar-refractivity contribution in [1.82, 2.24) is 4.98 Å². The van der Waals surface area contributed by atoms with Gasteiger partial charge in [0, 0.05) is 17.0 Å². The van der Waals surface area contributed by atoms with Crippen molar-refractivity contribution in [3.8, 4) is 0 Å². The number of hydrogen-bond donors (Lipinski definition) is 0. The van der Waals surface area contributed by atoms with Gasteiger partial charge in [0.25, 0.3) is 5.22 Å². The van der Waals surface area contributed by atoms with Gasteiger partial charge >= 0.3 is 5.63 Å². The van der Waals surface area contributed by atoms with E-state index >= 15 is 0 Å². The van der Waals surface area contributed by atoms with E-state index in [1.54, 1.807) is 6.07 Å². The smallest absolute Gasteiger partial charge is 0.339 e. The van der Waals surface area contributed by atoms with Gasteiger partial charge in [-0.2, -0.15) is 0 Å². The Kier molecular flexibility index (Phi) is 2.63. The van der Waals surface area contributed by atoms with Gasteiger partial charge in [-0.15, -0.1) is 0 Å². The number of hydrogen-bond acceptors (Lipinski definition) is 5. The SMILES string of the molecule is CSc1nc2cc3c4c(c(=O)oc3cc2o1)CCCC4. The van der Waals surface area contributed by atoms with E-state index in [0.717, 1.165) is 47.7 Å². The first-order valence-corrected chi connectivity index (χ1v) is 7.92. The minimum atomic E-state index is -0.198. The number of aryl methyl sites for hydroxylation is 1. The Bertz CT molecular complexity index is 878. The molecule has 3 aromatic rings. The van der Waals surface area contributed by atoms with Crippen molar-refractivity contribution in [2.45, 2.75) is 30.9 Å². The summed E-state index contributed by atoms with van der Waals surface area (Å²) in [6, 6.07) is 3.77. The highest BCUT2D eigenvalue weighted by atomic mass is 32.2. The lowest BCUT2D eigenvalue weighted by molar-refractivity contribution is 0.489. The highest BCUT2D eigenvalue weighted by molar-refractivity contribution is 7.98. The molecule has 102 valence electrons. The molecular formula is C15H13NO3S. The zero-order valence-electron chi connectivity index (χ0n) is 11.1. The fourth-order valence-electron chi connectivity index (χ4n) is 2.93. The summed E-state index contributed by atoms with van der Waals surface area (Å²) in [6.07, 6.45) is 5.87. The molecule has 2 aromatic heterocycles. The van der Waals surface area contributed by atoms with Gasteiger partial charge in [-0.25, -0.2) is 9.78 Å². The molecule has 0 atom stereocenters. The first-order valence-electron chi connectivity index (χ1n) is 6.69. The molecule has 0 radical (unpaired) electrons. The van der Waals surface area contributed by atoms with Crippen LogP contribution in [0.15, 0.2) is 31.0 Å². The molecule has 0 aliphatic heterocycles. The van der Waals surface area contributed by atoms with Crippen molar-refractivity contribution >= 4 is 33.8 Å². The van der Waals surface area contributed by atoms with Crippen LogP contribution in [0.2, 0.25) is 0 Å². The van der Waals surface area contributed by atoms with Gasteiger partial charge in [-0.05, 0) is 43.6 Å². The second kappa shape index (κ2) is 4.38. The second-order valence-corrected chi connectivity index (χ2v) is 5.81. The topological polar surface area (TPSA) is 56.2 Å². The molecule has 0 fully saturated rings. The average Bonchev–Trinajstić information content (AvgIpc) is 2.88. The van der Waals surface area contributed by atoms with Gasteiger partial charge in [0.1, 0.15) is 11.1 Å². The lowest BCUT2D eigenvalue weighted by Crippen LogP contribution is -2.15. The van der Waals surface area contributed by atoms with E-state index in [1.807, 2.05) is 12.3 Å². The number of benzene rings is 1. The molecule has 0 saturated heterocycles. The highest BCUT2D eigenvalue weighted by Gasteiger charge is 2.19. The summed E-state index contributed by atoms with van der Waals surface area (Å²) >= 11 is 1.46. The number of rotatable bonds is 1. The van der Waals surface area contributed by atoms with Gasteiger partial charge < -0.3 is 8.83 Å². The molecular weight excluding hydrogens is 274 g/mol. The predicted octanol–water partition coefficient (Wildman–Crippen LogP) is 3.53. The molecule has 5 heteroatoms. The van der Waals surface area contributed by atoms with Gasteiger partial charge in [0.2, 0.25) is 0 Å². The van der Waals surface area contributed by atoms with Crippen molar-refractivity contribution in [3.63, 3.8) is 0 Å². The van der Waals surface area contributed by atoms with Crippen LogP contribution in [0.3, 0.4) is 0 Å². The number of thioether (sulfide) groups is 1. The number of nitrogens with zero attached hydrogens (tertiary/aromatic N) is 1. The van der Waals surface area contributed by atoms with E-state index < -0.39 is 0 Å². The van der Waals surface area contributed by atoms with E-state index in [0.29, 0.717) is 16.4 Å². The quantitative estimate of drug-likeness (QED) is 0.506. The standard InChI is InChI=1S/C15H13NO3S/c1-20-15-16-11-6-10-8-4-2-3-5-9(8)14(17)18-12(10)7-13(11)19-15/h6-7H,2-5H2,1H3. The third kappa shape index (κ3) is 1.69. The fraction of sp³-hybridized carbons (Fsp3) is 0.333. The lowest BCUT2D eigenvalue weighted by atomic mass is 9.90. The minimum Gasteiger partial charge on any atom is -0.431 e. The summed E-state index contributed by atoms with van der Waals surface area (Å²) in [5.74, 6) is 0. The Balaban J connectivity index is 2.10. The molecule has 0 N–H and O–H groups in total. The molecule has 0 unspecified atom stereocenters. The Morgan fingerprint density at radius 2 is 1.90 bits per heavy atom. The van der Waals surface area contributed by atoms with Crippen LogP contribution in [0.5, 0.6) is 0 Å². The van der Waals surface area contributed by atoms with Gasteiger partial charge in [-0.3, -0.25) is 0 Å². The molecule has 0 saturated carbocycles. The van der Waals surface area contributed by atoms with Crippen LogP contribution in [0, 0.1) is 0 Å². The van der Waals surface area contributed by atoms with Crippen LogP contribution in [0.1, 0.15) is 24.0 Å². The predicted molar refractivity (Wildman–Crippen MR) is 78.5 cm³/mol. The van der Waals surface area contributed by atoms with Crippen LogP contribution in [-0.2, 0) is 12.8 Å². The Morgan fingerprint density at radius 3 is 2.70 bits per heavy atom. The van der Waals surface area contributed by atoms with E-state index in [4.69, 9.17) is 8.83 Å². The number of oxazole rings is 1. The average molecular weight is 287 g/mol. The molecule has 1 aromatic carbocycles. The monoisotopic (exact) mass is 287 g/mol. The van der Waals surface area contributed by atoms with Crippen molar-refractivity contribution in [2.24, 2.45) is 0 Å². The maximum absolute atomic E-state index is 12.1. The first-order chi connectivity index (χ1) is 9.76. The highest BCUT2D eigenvalue weighted by Crippen LogP contribution is 2.31. The maximum atomic E-state index is 12.1. The molecule has 4 nitrogen and oxygen atoms in total. The van der Waals surface area contributed by atoms with Crippen LogP contribution in [0.4, 0.5) is 0 Å². The van der Waals surface area contributed by atoms with E-state index in [1.165, 1.54) is 11.8 Å². The molecule has 0 amide bonds. The summed E-state index contributed by atoms with van der Waals surface area (Å²) in [5.41, 5.74) is 3.88. The van der Waals surface area contributed by atoms with Crippen LogP contribution in [-0.4, -0.2) is 11.2 Å². The van der Waals surface area contributed by atoms with E-state index in [2.05, 4.69) is 4.98 Å². The Morgan fingerprint density at radius 1 is 1.10 bits per heavy atom. The van der Waals surface area contributed by atoms with Crippen molar-refractivity contribution < 1.29 is 8.83 Å². The Hall–Kier alpha value is -1.75. The zero-order valence-corrected chi connectivity index (χ0v) is 11.9. The lowest BCUT2D eigenvalue weighted by Gasteiger charge is -2.15. The summed E-state index contributed by atoms with van der Waals surface area (Å²) in [6.45, 7) is 0. The number of aromatic nitrogens is 1. The summed E-state index contributed by atoms with van der Waals surface area (Å²) in [5, 5.41) is 1.64. The van der Waals surface area contributed by atoms with Crippen LogP contribution in [0.25, 0.3) is 22.1 Å². The molecule has 1 aliphatic carbocycles. The summed E-state index contributed by atoms with van der Waals surface area (Å²) in [7, 11) is 0. The van der Waals surface area contributed by atoms with Crippen molar-refractivity contribution in [1.29, 1.82) is 0 Å².